The molecule has 1 rings (SSSR count). The highest BCUT2D eigenvalue weighted by Crippen LogP contribution is 2.27. The molecular weight excluding hydrogens is 352 g/mol. The van der Waals surface area contributed by atoms with Crippen molar-refractivity contribution in [3.63, 3.8) is 0 Å². The summed E-state index contributed by atoms with van der Waals surface area (Å²) >= 11 is 0. The molecular formula is C20H28O7. The third-order valence-corrected chi connectivity index (χ3v) is 3.59. The Hall–Kier alpha value is -2.54. The monoisotopic (exact) mass is 380 g/mol. The van der Waals surface area contributed by atoms with Gasteiger partial charge >= 0.3 is 12.1 Å². The van der Waals surface area contributed by atoms with Crippen molar-refractivity contribution in [1.82, 2.24) is 0 Å². The van der Waals surface area contributed by atoms with Gasteiger partial charge in [0, 0.05) is 0 Å². The van der Waals surface area contributed by atoms with Crippen LogP contribution in [0.15, 0.2) is 36.1 Å². The Morgan fingerprint density at radius 3 is 2.11 bits per heavy atom. The number of carbonyl (C=O) groups is 2. The largest absolute Gasteiger partial charge is 0.550 e. The molecule has 7 nitrogen and oxygen atoms in total. The van der Waals surface area contributed by atoms with Crippen LogP contribution in [-0.2, 0) is 34.7 Å². The van der Waals surface area contributed by atoms with Crippen LogP contribution in [0, 0.1) is 0 Å². The molecule has 0 bridgehead atoms. The van der Waals surface area contributed by atoms with Gasteiger partial charge in [-0.15, -0.1) is 0 Å². The zero-order chi connectivity index (χ0) is 20.6. The molecule has 0 aliphatic rings. The molecule has 7 heteroatoms. The molecule has 0 heterocycles. The van der Waals surface area contributed by atoms with Crippen molar-refractivity contribution in [3.8, 4) is 0 Å². The fourth-order valence-corrected chi connectivity index (χ4v) is 1.93. The molecule has 0 amide bonds. The fourth-order valence-electron chi connectivity index (χ4n) is 1.93. The average molecular weight is 380 g/mol. The SMILES string of the molecule is CC(=COOC(C)(C)c1ccc(C(C)C)cc1)C(=O)OOC(=O)OC(C)C. The number of rotatable bonds is 7. The highest BCUT2D eigenvalue weighted by atomic mass is 17.2. The van der Waals surface area contributed by atoms with E-state index in [0.717, 1.165) is 11.8 Å². The topological polar surface area (TPSA) is 80.3 Å². The normalized spacial score (nSPS) is 12.1. The summed E-state index contributed by atoms with van der Waals surface area (Å²) in [5.41, 5.74) is 1.44. The summed E-state index contributed by atoms with van der Waals surface area (Å²) in [6.07, 6.45) is -0.417. The van der Waals surface area contributed by atoms with Crippen LogP contribution in [0.2, 0.25) is 0 Å². The van der Waals surface area contributed by atoms with Crippen LogP contribution in [0.25, 0.3) is 0 Å². The maximum absolute atomic E-state index is 11.7. The van der Waals surface area contributed by atoms with Gasteiger partial charge in [0.15, 0.2) is 0 Å². The van der Waals surface area contributed by atoms with Crippen molar-refractivity contribution < 1.29 is 33.9 Å². The van der Waals surface area contributed by atoms with Crippen LogP contribution in [0.5, 0.6) is 0 Å². The Labute approximate surface area is 160 Å². The van der Waals surface area contributed by atoms with Crippen molar-refractivity contribution in [2.24, 2.45) is 0 Å². The minimum Gasteiger partial charge on any atom is -0.429 e. The van der Waals surface area contributed by atoms with E-state index in [1.807, 2.05) is 38.1 Å². The van der Waals surface area contributed by atoms with Crippen LogP contribution in [0.1, 0.15) is 65.5 Å². The van der Waals surface area contributed by atoms with Gasteiger partial charge in [0.05, 0.1) is 11.7 Å². The summed E-state index contributed by atoms with van der Waals surface area (Å²) in [5.74, 6) is -0.464. The first kappa shape index (κ1) is 22.5. The molecule has 0 saturated carbocycles. The molecule has 0 radical (unpaired) electrons. The molecule has 0 unspecified atom stereocenters. The number of hydrogen-bond donors (Lipinski definition) is 0. The Morgan fingerprint density at radius 1 is 1.00 bits per heavy atom. The second-order valence-electron chi connectivity index (χ2n) is 7.14. The third-order valence-electron chi connectivity index (χ3n) is 3.59. The van der Waals surface area contributed by atoms with Crippen molar-refractivity contribution >= 4 is 12.1 Å². The minimum atomic E-state index is -1.10. The molecule has 0 atom stereocenters. The van der Waals surface area contributed by atoms with Crippen LogP contribution in [0.4, 0.5) is 4.79 Å². The number of benzene rings is 1. The van der Waals surface area contributed by atoms with Crippen molar-refractivity contribution in [1.29, 1.82) is 0 Å². The zero-order valence-corrected chi connectivity index (χ0v) is 16.9. The van der Waals surface area contributed by atoms with Gasteiger partial charge in [0.1, 0.15) is 11.9 Å². The Bertz CT molecular complexity index is 657. The van der Waals surface area contributed by atoms with Crippen LogP contribution >= 0.6 is 0 Å². The van der Waals surface area contributed by atoms with E-state index in [-0.39, 0.29) is 11.7 Å². The molecule has 0 aliphatic carbocycles. The van der Waals surface area contributed by atoms with Gasteiger partial charge in [0.2, 0.25) is 0 Å². The standard InChI is InChI=1S/C20H28O7/c1-13(2)16-8-10-17(11-9-16)20(6,7)27-23-12-15(5)18(21)25-26-19(22)24-14(3)4/h8-14H,1-7H3. The lowest BCUT2D eigenvalue weighted by molar-refractivity contribution is -0.322. The molecule has 0 aliphatic heterocycles. The highest BCUT2D eigenvalue weighted by molar-refractivity contribution is 5.87. The molecule has 0 aromatic heterocycles. The van der Waals surface area contributed by atoms with E-state index in [2.05, 4.69) is 28.4 Å². The Morgan fingerprint density at radius 2 is 1.59 bits per heavy atom. The molecule has 1 aromatic carbocycles. The van der Waals surface area contributed by atoms with E-state index in [4.69, 9.17) is 9.78 Å². The van der Waals surface area contributed by atoms with E-state index >= 15 is 0 Å². The predicted molar refractivity (Wildman–Crippen MR) is 98.3 cm³/mol. The number of carbonyl (C=O) groups excluding carboxylic acids is 2. The summed E-state index contributed by atoms with van der Waals surface area (Å²) < 4.78 is 4.66. The quantitative estimate of drug-likeness (QED) is 0.218. The van der Waals surface area contributed by atoms with Gasteiger partial charge in [-0.3, -0.25) is 0 Å². The molecule has 0 N–H and O–H groups in total. The first-order valence-electron chi connectivity index (χ1n) is 8.74. The fraction of sp³-hybridized carbons (Fsp3) is 0.500. The first-order chi connectivity index (χ1) is 12.5. The molecule has 150 valence electrons. The number of hydrogen-bond acceptors (Lipinski definition) is 7. The Kier molecular flexibility index (Phi) is 8.31. The van der Waals surface area contributed by atoms with Crippen molar-refractivity contribution in [2.45, 2.75) is 66.1 Å². The van der Waals surface area contributed by atoms with E-state index in [1.165, 1.54) is 12.5 Å². The smallest absolute Gasteiger partial charge is 0.429 e. The third kappa shape index (κ3) is 7.70. The molecule has 0 fully saturated rings. The second-order valence-corrected chi connectivity index (χ2v) is 7.14. The Balaban J connectivity index is 2.55. The van der Waals surface area contributed by atoms with Crippen molar-refractivity contribution in [2.75, 3.05) is 0 Å². The summed E-state index contributed by atoms with van der Waals surface area (Å²) in [4.78, 5) is 41.9. The second kappa shape index (κ2) is 9.97. The van der Waals surface area contributed by atoms with Crippen LogP contribution in [0.3, 0.4) is 0 Å². The van der Waals surface area contributed by atoms with Gasteiger partial charge < -0.3 is 9.62 Å². The average Bonchev–Trinajstić information content (AvgIpc) is 2.58. The van der Waals surface area contributed by atoms with Gasteiger partial charge in [-0.25, -0.2) is 14.6 Å². The molecule has 0 saturated heterocycles. The lowest BCUT2D eigenvalue weighted by Crippen LogP contribution is -2.21. The van der Waals surface area contributed by atoms with E-state index in [9.17, 15) is 9.59 Å². The summed E-state index contributed by atoms with van der Waals surface area (Å²) in [5, 5.41) is 0. The minimum absolute atomic E-state index is 0.0401. The van der Waals surface area contributed by atoms with Crippen molar-refractivity contribution in [3.05, 3.63) is 47.2 Å². The summed E-state index contributed by atoms with van der Waals surface area (Å²) in [6.45, 7) is 12.6. The molecule has 1 aromatic rings. The summed E-state index contributed by atoms with van der Waals surface area (Å²) in [6, 6.07) is 8.02. The van der Waals surface area contributed by atoms with Gasteiger partial charge in [-0.1, -0.05) is 38.1 Å². The molecule has 0 spiro atoms. The maximum atomic E-state index is 11.7. The van der Waals surface area contributed by atoms with Gasteiger partial charge in [0.25, 0.3) is 0 Å². The van der Waals surface area contributed by atoms with Crippen LogP contribution < -0.4 is 0 Å². The number of ether oxygens (including phenoxy) is 1. The molecule has 27 heavy (non-hydrogen) atoms. The first-order valence-corrected chi connectivity index (χ1v) is 8.74. The van der Waals surface area contributed by atoms with E-state index < -0.39 is 17.7 Å². The summed E-state index contributed by atoms with van der Waals surface area (Å²) in [7, 11) is 0. The van der Waals surface area contributed by atoms with E-state index in [1.54, 1.807) is 13.8 Å². The lowest BCUT2D eigenvalue weighted by Gasteiger charge is -2.23. The highest BCUT2D eigenvalue weighted by Gasteiger charge is 2.24. The zero-order valence-electron chi connectivity index (χ0n) is 16.9. The maximum Gasteiger partial charge on any atom is 0.550 e. The van der Waals surface area contributed by atoms with E-state index in [0.29, 0.717) is 5.92 Å². The van der Waals surface area contributed by atoms with Crippen LogP contribution in [-0.4, -0.2) is 18.2 Å². The van der Waals surface area contributed by atoms with Gasteiger partial charge in [-0.05, 0) is 51.7 Å². The van der Waals surface area contributed by atoms with Gasteiger partial charge in [-0.2, -0.15) is 9.68 Å². The predicted octanol–water partition coefficient (Wildman–Crippen LogP) is 4.92. The lowest BCUT2D eigenvalue weighted by atomic mass is 9.94.